The van der Waals surface area contributed by atoms with E-state index < -0.39 is 5.97 Å². The summed E-state index contributed by atoms with van der Waals surface area (Å²) in [5.74, 6) is 1.04. The van der Waals surface area contributed by atoms with Gasteiger partial charge in [0.05, 0.1) is 24.0 Å². The van der Waals surface area contributed by atoms with Gasteiger partial charge in [-0.05, 0) is 68.1 Å². The summed E-state index contributed by atoms with van der Waals surface area (Å²) >= 11 is 12.6. The van der Waals surface area contributed by atoms with Crippen molar-refractivity contribution in [2.24, 2.45) is 11.8 Å². The fraction of sp³-hybridized carbons (Fsp3) is 0.448. The number of aliphatic carboxylic acids is 1. The SMILES string of the molecule is CC(CC1CCN(Cc2cc(Oc3cnc(N4CCNCC4)nc3)nc(-c3cc(Cl)cc(Cl)c3)c2)CC1)C(=O)O. The number of rotatable bonds is 9. The average molecular weight is 586 g/mol. The Morgan fingerprint density at radius 2 is 1.73 bits per heavy atom. The van der Waals surface area contributed by atoms with Crippen LogP contribution in [0.1, 0.15) is 31.7 Å². The van der Waals surface area contributed by atoms with Crippen LogP contribution in [0.25, 0.3) is 11.3 Å². The number of hydrogen-bond acceptors (Lipinski definition) is 8. The van der Waals surface area contributed by atoms with Gasteiger partial charge in [-0.15, -0.1) is 0 Å². The number of piperidine rings is 1. The van der Waals surface area contributed by atoms with Crippen LogP contribution in [0.4, 0.5) is 5.95 Å². The summed E-state index contributed by atoms with van der Waals surface area (Å²) in [6.07, 6.45) is 6.06. The van der Waals surface area contributed by atoms with Gasteiger partial charge in [0.2, 0.25) is 11.8 Å². The lowest BCUT2D eigenvalue weighted by Crippen LogP contribution is -2.44. The largest absolute Gasteiger partial charge is 0.481 e. The van der Waals surface area contributed by atoms with Crippen molar-refractivity contribution >= 4 is 35.1 Å². The molecule has 0 amide bonds. The molecule has 2 aliphatic rings. The standard InChI is InChI=1S/C29H34Cl2N6O3/c1-19(28(38)39)10-20-2-6-36(7-3-20)18-21-11-26(22-13-23(30)15-24(31)14-22)35-27(12-21)40-25-16-33-29(34-17-25)37-8-4-32-5-9-37/h11-17,19-20,32H,2-10,18H2,1H3,(H,38,39). The molecule has 2 aromatic heterocycles. The number of benzene rings is 1. The van der Waals surface area contributed by atoms with Crippen molar-refractivity contribution in [2.45, 2.75) is 32.7 Å². The molecule has 9 nitrogen and oxygen atoms in total. The Morgan fingerprint density at radius 3 is 2.38 bits per heavy atom. The summed E-state index contributed by atoms with van der Waals surface area (Å²) in [4.78, 5) is 29.6. The van der Waals surface area contributed by atoms with Crippen molar-refractivity contribution < 1.29 is 14.6 Å². The minimum absolute atomic E-state index is 0.307. The quantitative estimate of drug-likeness (QED) is 0.343. The molecule has 4 heterocycles. The number of piperazine rings is 1. The van der Waals surface area contributed by atoms with Gasteiger partial charge in [-0.25, -0.2) is 15.0 Å². The summed E-state index contributed by atoms with van der Waals surface area (Å²) in [6.45, 7) is 7.89. The number of pyridine rings is 1. The first kappa shape index (κ1) is 28.5. The molecule has 212 valence electrons. The number of aromatic nitrogens is 3. The Bertz CT molecular complexity index is 1290. The van der Waals surface area contributed by atoms with E-state index in [4.69, 9.17) is 32.9 Å². The predicted molar refractivity (Wildman–Crippen MR) is 156 cm³/mol. The number of anilines is 1. The Morgan fingerprint density at radius 1 is 1.05 bits per heavy atom. The van der Waals surface area contributed by atoms with E-state index in [9.17, 15) is 9.90 Å². The molecular weight excluding hydrogens is 551 g/mol. The summed E-state index contributed by atoms with van der Waals surface area (Å²) in [5, 5.41) is 13.7. The summed E-state index contributed by atoms with van der Waals surface area (Å²) in [6, 6.07) is 9.35. The molecule has 2 saturated heterocycles. The molecule has 3 aromatic rings. The molecule has 2 N–H and O–H groups in total. The molecule has 40 heavy (non-hydrogen) atoms. The number of nitrogens with zero attached hydrogens (tertiary/aromatic N) is 5. The van der Waals surface area contributed by atoms with Gasteiger partial charge in [0.15, 0.2) is 5.75 Å². The molecule has 5 rings (SSSR count). The molecule has 11 heteroatoms. The van der Waals surface area contributed by atoms with Crippen LogP contribution in [0.2, 0.25) is 10.0 Å². The molecule has 0 bridgehead atoms. The van der Waals surface area contributed by atoms with E-state index in [1.165, 1.54) is 0 Å². The van der Waals surface area contributed by atoms with Gasteiger partial charge in [0.25, 0.3) is 0 Å². The van der Waals surface area contributed by atoms with Crippen LogP contribution in [-0.4, -0.2) is 70.2 Å². The van der Waals surface area contributed by atoms with E-state index in [2.05, 4.69) is 25.1 Å². The minimum atomic E-state index is -0.718. The molecule has 0 spiro atoms. The van der Waals surface area contributed by atoms with Crippen LogP contribution in [0.3, 0.4) is 0 Å². The topological polar surface area (TPSA) is 104 Å². The number of halogens is 2. The first-order valence-corrected chi connectivity index (χ1v) is 14.5. The third kappa shape index (κ3) is 7.60. The van der Waals surface area contributed by atoms with Crippen LogP contribution < -0.4 is 15.0 Å². The number of carboxylic acid groups (broad SMARTS) is 1. The second kappa shape index (κ2) is 13.1. The van der Waals surface area contributed by atoms with Crippen LogP contribution in [0.5, 0.6) is 11.6 Å². The molecule has 0 radical (unpaired) electrons. The Balaban J connectivity index is 1.33. The maximum absolute atomic E-state index is 11.3. The Labute approximate surface area is 244 Å². The zero-order valence-electron chi connectivity index (χ0n) is 22.5. The van der Waals surface area contributed by atoms with Crippen LogP contribution in [0, 0.1) is 11.8 Å². The second-order valence-electron chi connectivity index (χ2n) is 10.6. The molecule has 1 aromatic carbocycles. The van der Waals surface area contributed by atoms with E-state index in [0.29, 0.717) is 39.2 Å². The lowest BCUT2D eigenvalue weighted by Gasteiger charge is -2.32. The second-order valence-corrected chi connectivity index (χ2v) is 11.5. The zero-order valence-corrected chi connectivity index (χ0v) is 24.0. The first-order chi connectivity index (χ1) is 19.3. The minimum Gasteiger partial charge on any atom is -0.481 e. The maximum atomic E-state index is 11.3. The lowest BCUT2D eigenvalue weighted by molar-refractivity contribution is -0.141. The number of carbonyl (C=O) groups is 1. The molecular formula is C29H34Cl2N6O3. The number of ether oxygens (including phenoxy) is 1. The number of carboxylic acids is 1. The Kier molecular flexibility index (Phi) is 9.36. The van der Waals surface area contributed by atoms with E-state index in [1.807, 2.05) is 24.3 Å². The Hall–Kier alpha value is -2.98. The van der Waals surface area contributed by atoms with Crippen molar-refractivity contribution in [1.82, 2.24) is 25.2 Å². The maximum Gasteiger partial charge on any atom is 0.306 e. The van der Waals surface area contributed by atoms with Gasteiger partial charge in [0.1, 0.15) is 0 Å². The van der Waals surface area contributed by atoms with Crippen molar-refractivity contribution in [3.63, 3.8) is 0 Å². The normalized spacial score (nSPS) is 17.5. The highest BCUT2D eigenvalue weighted by Gasteiger charge is 2.24. The summed E-state index contributed by atoms with van der Waals surface area (Å²) < 4.78 is 6.15. The van der Waals surface area contributed by atoms with Gasteiger partial charge in [-0.2, -0.15) is 0 Å². The summed E-state index contributed by atoms with van der Waals surface area (Å²) in [7, 11) is 0. The highest BCUT2D eigenvalue weighted by molar-refractivity contribution is 6.35. The van der Waals surface area contributed by atoms with Gasteiger partial charge >= 0.3 is 5.97 Å². The van der Waals surface area contributed by atoms with Crippen LogP contribution in [-0.2, 0) is 11.3 Å². The molecule has 2 aliphatic heterocycles. The highest BCUT2D eigenvalue weighted by Crippen LogP contribution is 2.31. The highest BCUT2D eigenvalue weighted by atomic mass is 35.5. The first-order valence-electron chi connectivity index (χ1n) is 13.7. The summed E-state index contributed by atoms with van der Waals surface area (Å²) in [5.41, 5.74) is 2.56. The van der Waals surface area contributed by atoms with E-state index in [1.54, 1.807) is 25.4 Å². The molecule has 1 atom stereocenters. The van der Waals surface area contributed by atoms with Crippen molar-refractivity contribution in [3.05, 3.63) is 58.3 Å². The lowest BCUT2D eigenvalue weighted by atomic mass is 9.88. The van der Waals surface area contributed by atoms with Crippen molar-refractivity contribution in [2.75, 3.05) is 44.2 Å². The number of nitrogens with one attached hydrogen (secondary N) is 1. The fourth-order valence-electron chi connectivity index (χ4n) is 5.30. The molecule has 2 fully saturated rings. The fourth-order valence-corrected chi connectivity index (χ4v) is 5.83. The monoisotopic (exact) mass is 584 g/mol. The smallest absolute Gasteiger partial charge is 0.306 e. The third-order valence-electron chi connectivity index (χ3n) is 7.48. The van der Waals surface area contributed by atoms with Gasteiger partial charge in [-0.1, -0.05) is 30.1 Å². The van der Waals surface area contributed by atoms with Crippen molar-refractivity contribution in [1.29, 1.82) is 0 Å². The van der Waals surface area contributed by atoms with Gasteiger partial charge in [0, 0.05) is 54.4 Å². The average Bonchev–Trinajstić information content (AvgIpc) is 2.94. The van der Waals surface area contributed by atoms with Gasteiger partial charge < -0.3 is 20.1 Å². The van der Waals surface area contributed by atoms with E-state index in [0.717, 1.165) is 76.2 Å². The molecule has 0 saturated carbocycles. The van der Waals surface area contributed by atoms with Crippen LogP contribution in [0.15, 0.2) is 42.7 Å². The molecule has 1 unspecified atom stereocenters. The zero-order chi connectivity index (χ0) is 28.1. The third-order valence-corrected chi connectivity index (χ3v) is 7.91. The van der Waals surface area contributed by atoms with E-state index >= 15 is 0 Å². The van der Waals surface area contributed by atoms with Crippen LogP contribution >= 0.6 is 23.2 Å². The predicted octanol–water partition coefficient (Wildman–Crippen LogP) is 5.37. The number of hydrogen-bond donors (Lipinski definition) is 2. The van der Waals surface area contributed by atoms with Crippen molar-refractivity contribution in [3.8, 4) is 22.9 Å². The molecule has 0 aliphatic carbocycles. The number of likely N-dealkylation sites (tertiary alicyclic amines) is 1. The van der Waals surface area contributed by atoms with Gasteiger partial charge in [-0.3, -0.25) is 9.69 Å². The van der Waals surface area contributed by atoms with E-state index in [-0.39, 0.29) is 5.92 Å².